The molecule has 0 bridgehead atoms. The number of benzene rings is 1. The molecule has 0 unspecified atom stereocenters. The lowest BCUT2D eigenvalue weighted by Gasteiger charge is -2.45. The van der Waals surface area contributed by atoms with Crippen LogP contribution in [0.2, 0.25) is 0 Å². The van der Waals surface area contributed by atoms with Crippen molar-refractivity contribution in [2.45, 2.75) is 68.0 Å². The van der Waals surface area contributed by atoms with Crippen molar-refractivity contribution in [1.29, 1.82) is 0 Å². The van der Waals surface area contributed by atoms with Crippen LogP contribution in [0.25, 0.3) is 0 Å². The maximum Gasteiger partial charge on any atom is 0.187 e. The van der Waals surface area contributed by atoms with Gasteiger partial charge in [0.15, 0.2) is 12.6 Å². The monoisotopic (exact) mass is 432 g/mol. The first-order valence-electron chi connectivity index (χ1n) is 9.61. The van der Waals surface area contributed by atoms with Crippen molar-refractivity contribution >= 4 is 0 Å². The second-order valence-corrected chi connectivity index (χ2v) is 7.30. The first-order chi connectivity index (χ1) is 14.4. The molecule has 10 atom stereocenters. The van der Waals surface area contributed by atoms with Gasteiger partial charge in [-0.25, -0.2) is 0 Å². The second-order valence-electron chi connectivity index (χ2n) is 7.30. The third-order valence-electron chi connectivity index (χ3n) is 5.22. The molecule has 170 valence electrons. The molecule has 30 heavy (non-hydrogen) atoms. The Bertz CT molecular complexity index is 645. The molecule has 0 spiro atoms. The zero-order valence-corrected chi connectivity index (χ0v) is 16.0. The summed E-state index contributed by atoms with van der Waals surface area (Å²) >= 11 is 0. The van der Waals surface area contributed by atoms with Gasteiger partial charge in [0.2, 0.25) is 0 Å². The fourth-order valence-corrected chi connectivity index (χ4v) is 3.42. The van der Waals surface area contributed by atoms with Crippen LogP contribution in [0.5, 0.6) is 0 Å². The lowest BCUT2D eigenvalue weighted by atomic mass is 9.97. The van der Waals surface area contributed by atoms with E-state index in [0.717, 1.165) is 5.56 Å². The van der Waals surface area contributed by atoms with E-state index < -0.39 is 74.6 Å². The van der Waals surface area contributed by atoms with E-state index in [1.165, 1.54) is 0 Å². The highest BCUT2D eigenvalue weighted by atomic mass is 16.8. The highest BCUT2D eigenvalue weighted by Crippen LogP contribution is 2.30. The van der Waals surface area contributed by atoms with E-state index in [4.69, 9.17) is 18.9 Å². The fraction of sp³-hybridized carbons (Fsp3) is 0.684. The van der Waals surface area contributed by atoms with Crippen molar-refractivity contribution < 1.29 is 54.7 Å². The Morgan fingerprint density at radius 1 is 0.700 bits per heavy atom. The number of hydrogen-bond acceptors (Lipinski definition) is 11. The van der Waals surface area contributed by atoms with E-state index in [-0.39, 0.29) is 6.61 Å². The molecule has 2 heterocycles. The molecule has 2 aliphatic rings. The zero-order valence-electron chi connectivity index (χ0n) is 16.0. The van der Waals surface area contributed by atoms with Crippen molar-refractivity contribution in [3.8, 4) is 0 Å². The van der Waals surface area contributed by atoms with Crippen molar-refractivity contribution in [3.05, 3.63) is 35.9 Å². The molecule has 0 radical (unpaired) electrons. The molecule has 0 saturated carbocycles. The van der Waals surface area contributed by atoms with Gasteiger partial charge in [0.05, 0.1) is 19.8 Å². The predicted molar refractivity (Wildman–Crippen MR) is 97.6 cm³/mol. The maximum absolute atomic E-state index is 10.5. The van der Waals surface area contributed by atoms with Crippen molar-refractivity contribution in [2.24, 2.45) is 0 Å². The summed E-state index contributed by atoms with van der Waals surface area (Å²) in [6.45, 7) is -1.19. The summed E-state index contributed by atoms with van der Waals surface area (Å²) in [7, 11) is 0. The van der Waals surface area contributed by atoms with Crippen LogP contribution < -0.4 is 0 Å². The minimum atomic E-state index is -1.71. The Morgan fingerprint density at radius 2 is 1.27 bits per heavy atom. The van der Waals surface area contributed by atoms with Crippen LogP contribution in [-0.4, -0.2) is 110 Å². The Balaban J connectivity index is 1.75. The van der Waals surface area contributed by atoms with Gasteiger partial charge >= 0.3 is 0 Å². The molecule has 11 heteroatoms. The predicted octanol–water partition coefficient (Wildman–Crippen LogP) is -3.17. The third kappa shape index (κ3) is 4.98. The average molecular weight is 432 g/mol. The van der Waals surface area contributed by atoms with Gasteiger partial charge in [-0.2, -0.15) is 0 Å². The maximum atomic E-state index is 10.5. The molecule has 2 aliphatic heterocycles. The SMILES string of the molecule is OC[C@H]1O[C@H](O[C@H]2[C@@H](OCc3ccccc3)O[C@H](CO)[C@@H](O)[C@@H]2O)[C@H](O)[C@@H](O)[C@@H]1O. The van der Waals surface area contributed by atoms with Gasteiger partial charge in [-0.1, -0.05) is 30.3 Å². The van der Waals surface area contributed by atoms with E-state index in [1.54, 1.807) is 24.3 Å². The molecule has 1 aromatic carbocycles. The summed E-state index contributed by atoms with van der Waals surface area (Å²) in [6.07, 6.45) is -14.7. The molecule has 2 saturated heterocycles. The van der Waals surface area contributed by atoms with Crippen molar-refractivity contribution in [1.82, 2.24) is 0 Å². The first-order valence-corrected chi connectivity index (χ1v) is 9.61. The van der Waals surface area contributed by atoms with Gasteiger partial charge in [-0.15, -0.1) is 0 Å². The molecule has 1 aromatic rings. The Hall–Kier alpha value is -1.22. The van der Waals surface area contributed by atoms with E-state index >= 15 is 0 Å². The molecular formula is C19H28O11. The molecule has 3 rings (SSSR count). The molecule has 7 N–H and O–H groups in total. The summed E-state index contributed by atoms with van der Waals surface area (Å²) in [4.78, 5) is 0. The molecule has 0 aliphatic carbocycles. The average Bonchev–Trinajstić information content (AvgIpc) is 2.77. The van der Waals surface area contributed by atoms with E-state index in [0.29, 0.717) is 0 Å². The molecule has 11 nitrogen and oxygen atoms in total. The smallest absolute Gasteiger partial charge is 0.187 e. The summed E-state index contributed by atoms with van der Waals surface area (Å²) in [5.74, 6) is 0. The van der Waals surface area contributed by atoms with Gasteiger partial charge in [0.1, 0.15) is 48.8 Å². The van der Waals surface area contributed by atoms with E-state index in [1.807, 2.05) is 6.07 Å². The van der Waals surface area contributed by atoms with Gasteiger partial charge in [-0.3, -0.25) is 0 Å². The molecular weight excluding hydrogens is 404 g/mol. The lowest BCUT2D eigenvalue weighted by Crippen LogP contribution is -2.64. The van der Waals surface area contributed by atoms with Crippen LogP contribution >= 0.6 is 0 Å². The molecule has 0 aromatic heterocycles. The topological polar surface area (TPSA) is 179 Å². The van der Waals surface area contributed by atoms with E-state index in [2.05, 4.69) is 0 Å². The quantitative estimate of drug-likeness (QED) is 0.231. The number of rotatable bonds is 7. The second kappa shape index (κ2) is 10.4. The Kier molecular flexibility index (Phi) is 8.12. The highest BCUT2D eigenvalue weighted by Gasteiger charge is 2.50. The minimum absolute atomic E-state index is 0.0566. The largest absolute Gasteiger partial charge is 0.394 e. The summed E-state index contributed by atoms with van der Waals surface area (Å²) in [6, 6.07) is 9.03. The standard InChI is InChI=1S/C19H28O11/c20-6-10-12(22)14(24)16(26)18(28-10)30-17-15(25)13(23)11(7-21)29-19(17)27-8-9-4-2-1-3-5-9/h1-5,10-26H,6-8H2/t10-,11-,12-,13-,14+,15+,16-,17-,18-,19+/m1/s1. The van der Waals surface area contributed by atoms with Crippen LogP contribution in [0.1, 0.15) is 5.56 Å². The van der Waals surface area contributed by atoms with Gasteiger partial charge < -0.3 is 54.7 Å². The summed E-state index contributed by atoms with van der Waals surface area (Å²) < 4.78 is 22.1. The third-order valence-corrected chi connectivity index (χ3v) is 5.22. The van der Waals surface area contributed by atoms with E-state index in [9.17, 15) is 35.7 Å². The molecule has 0 amide bonds. The normalized spacial score (nSPS) is 42.2. The minimum Gasteiger partial charge on any atom is -0.394 e. The fourth-order valence-electron chi connectivity index (χ4n) is 3.42. The number of aliphatic hydroxyl groups is 7. The lowest BCUT2D eigenvalue weighted by molar-refractivity contribution is -0.368. The number of aliphatic hydroxyl groups excluding tert-OH is 7. The number of hydrogen-bond donors (Lipinski definition) is 7. The van der Waals surface area contributed by atoms with Crippen LogP contribution in [-0.2, 0) is 25.6 Å². The Morgan fingerprint density at radius 3 is 1.87 bits per heavy atom. The van der Waals surface area contributed by atoms with Gasteiger partial charge in [0, 0.05) is 0 Å². The first kappa shape index (κ1) is 23.4. The van der Waals surface area contributed by atoms with Crippen LogP contribution in [0.4, 0.5) is 0 Å². The van der Waals surface area contributed by atoms with Crippen molar-refractivity contribution in [2.75, 3.05) is 13.2 Å². The van der Waals surface area contributed by atoms with Gasteiger partial charge in [0.25, 0.3) is 0 Å². The van der Waals surface area contributed by atoms with Crippen LogP contribution in [0.3, 0.4) is 0 Å². The summed E-state index contributed by atoms with van der Waals surface area (Å²) in [5.41, 5.74) is 0.786. The highest BCUT2D eigenvalue weighted by molar-refractivity contribution is 5.13. The Labute approximate surface area is 172 Å². The summed E-state index contributed by atoms with van der Waals surface area (Å²) in [5, 5.41) is 69.5. The van der Waals surface area contributed by atoms with Crippen LogP contribution in [0, 0.1) is 0 Å². The van der Waals surface area contributed by atoms with Crippen LogP contribution in [0.15, 0.2) is 30.3 Å². The van der Waals surface area contributed by atoms with Gasteiger partial charge in [-0.05, 0) is 5.56 Å². The van der Waals surface area contributed by atoms with Crippen molar-refractivity contribution in [3.63, 3.8) is 0 Å². The number of ether oxygens (including phenoxy) is 4. The molecule has 2 fully saturated rings. The zero-order chi connectivity index (χ0) is 21.8.